The van der Waals surface area contributed by atoms with Crippen LogP contribution in [0.25, 0.3) is 27.5 Å². The van der Waals surface area contributed by atoms with Crippen molar-refractivity contribution in [3.8, 4) is 16.9 Å². The van der Waals surface area contributed by atoms with Crippen molar-refractivity contribution in [1.29, 1.82) is 0 Å². The van der Waals surface area contributed by atoms with Crippen LogP contribution >= 0.6 is 46.9 Å². The lowest BCUT2D eigenvalue weighted by Crippen LogP contribution is -2.31. The van der Waals surface area contributed by atoms with Gasteiger partial charge in [0.15, 0.2) is 5.58 Å². The fourth-order valence-electron chi connectivity index (χ4n) is 3.67. The van der Waals surface area contributed by atoms with Crippen LogP contribution in [-0.2, 0) is 9.59 Å². The molecular weight excluding hydrogens is 538 g/mol. The van der Waals surface area contributed by atoms with Crippen molar-refractivity contribution in [2.45, 2.75) is 6.42 Å². The van der Waals surface area contributed by atoms with E-state index >= 15 is 0 Å². The highest BCUT2D eigenvalue weighted by atomic mass is 35.5. The summed E-state index contributed by atoms with van der Waals surface area (Å²) in [5.74, 6) is -0.544. The van der Waals surface area contributed by atoms with E-state index in [9.17, 15) is 14.4 Å². The van der Waals surface area contributed by atoms with E-state index in [1.165, 1.54) is 16.7 Å². The number of thioether (sulfide) groups is 1. The van der Waals surface area contributed by atoms with Crippen molar-refractivity contribution in [2.75, 3.05) is 6.54 Å². The fourth-order valence-corrected chi connectivity index (χ4v) is 5.94. The van der Waals surface area contributed by atoms with Crippen LogP contribution in [0, 0.1) is 0 Å². The Morgan fingerprint density at radius 2 is 1.81 bits per heavy atom. The topological polar surface area (TPSA) is 76.8 Å². The summed E-state index contributed by atoms with van der Waals surface area (Å²) < 4.78 is 11.8. The van der Waals surface area contributed by atoms with Crippen LogP contribution in [0.15, 0.2) is 80.8 Å². The summed E-state index contributed by atoms with van der Waals surface area (Å²) in [6.07, 6.45) is 1.71. The molecule has 1 amide bonds. The number of rotatable bonds is 6. The van der Waals surface area contributed by atoms with Crippen molar-refractivity contribution >= 4 is 79.5 Å². The number of hydrogen-bond acceptors (Lipinski definition) is 8. The van der Waals surface area contributed by atoms with Gasteiger partial charge in [0.1, 0.15) is 10.1 Å². The average molecular weight is 554 g/mol. The quantitative estimate of drug-likeness (QED) is 0.119. The summed E-state index contributed by atoms with van der Waals surface area (Å²) in [6.45, 7) is 0.0916. The van der Waals surface area contributed by atoms with Gasteiger partial charge in [0, 0.05) is 28.8 Å². The zero-order valence-corrected chi connectivity index (χ0v) is 21.6. The minimum atomic E-state index is -0.545. The van der Waals surface area contributed by atoms with E-state index in [0.29, 0.717) is 35.7 Å². The third kappa shape index (κ3) is 5.15. The first-order valence-electron chi connectivity index (χ1n) is 10.7. The van der Waals surface area contributed by atoms with Crippen LogP contribution in [0.5, 0.6) is 5.75 Å². The van der Waals surface area contributed by atoms with Crippen LogP contribution in [0.1, 0.15) is 12.0 Å². The second kappa shape index (κ2) is 10.4. The van der Waals surface area contributed by atoms with E-state index in [4.69, 9.17) is 33.0 Å². The second-order valence-corrected chi connectivity index (χ2v) is 10.8. The van der Waals surface area contributed by atoms with Crippen LogP contribution in [0.2, 0.25) is 5.02 Å². The summed E-state index contributed by atoms with van der Waals surface area (Å²) >= 11 is 13.8. The van der Waals surface area contributed by atoms with Gasteiger partial charge in [-0.05, 0) is 23.8 Å². The SMILES string of the molecule is O=C(CCN1C(=O)/C(=C/c2ccccc2)SC1=S)Oc1cc(-c2ccccc2Cl)c2oc(=O)sc2c1. The number of fused-ring (bicyclic) bond motifs is 1. The molecule has 10 heteroatoms. The largest absolute Gasteiger partial charge is 0.426 e. The lowest BCUT2D eigenvalue weighted by Gasteiger charge is -2.14. The van der Waals surface area contributed by atoms with E-state index in [0.717, 1.165) is 16.9 Å². The maximum atomic E-state index is 12.8. The molecule has 2 heterocycles. The number of carbonyl (C=O) groups excluding carboxylic acids is 2. The number of thiocarbonyl (C=S) groups is 1. The minimum Gasteiger partial charge on any atom is -0.426 e. The normalized spacial score (nSPS) is 14.7. The molecule has 5 rings (SSSR count). The van der Waals surface area contributed by atoms with Gasteiger partial charge in [0.25, 0.3) is 5.91 Å². The molecule has 0 saturated carbocycles. The molecule has 36 heavy (non-hydrogen) atoms. The van der Waals surface area contributed by atoms with Gasteiger partial charge in [-0.3, -0.25) is 14.5 Å². The Morgan fingerprint density at radius 3 is 2.58 bits per heavy atom. The van der Waals surface area contributed by atoms with Crippen molar-refractivity contribution in [1.82, 2.24) is 4.90 Å². The van der Waals surface area contributed by atoms with Gasteiger partial charge in [0.05, 0.1) is 16.0 Å². The number of esters is 1. The third-order valence-electron chi connectivity index (χ3n) is 5.31. The summed E-state index contributed by atoms with van der Waals surface area (Å²) in [6, 6.07) is 19.8. The Hall–Kier alpha value is -3.24. The summed E-state index contributed by atoms with van der Waals surface area (Å²) in [5, 5.41) is 0.467. The van der Waals surface area contributed by atoms with Gasteiger partial charge in [0.2, 0.25) is 0 Å². The molecule has 0 bridgehead atoms. The molecule has 0 spiro atoms. The summed E-state index contributed by atoms with van der Waals surface area (Å²) in [5.41, 5.74) is 2.46. The molecule has 1 aromatic heterocycles. The third-order valence-corrected chi connectivity index (χ3v) is 7.79. The molecule has 0 atom stereocenters. The molecule has 0 radical (unpaired) electrons. The van der Waals surface area contributed by atoms with Gasteiger partial charge in [-0.25, -0.2) is 4.79 Å². The molecule has 4 aromatic rings. The number of halogens is 1. The van der Waals surface area contributed by atoms with E-state index in [2.05, 4.69) is 0 Å². The lowest BCUT2D eigenvalue weighted by molar-refractivity contribution is -0.134. The molecule has 0 N–H and O–H groups in total. The Labute approximate surface area is 224 Å². The molecule has 6 nitrogen and oxygen atoms in total. The maximum absolute atomic E-state index is 12.8. The molecule has 0 unspecified atom stereocenters. The Morgan fingerprint density at radius 1 is 1.06 bits per heavy atom. The molecule has 0 aliphatic carbocycles. The molecular formula is C26H16ClNO5S3. The first kappa shape index (κ1) is 24.5. The number of hydrogen-bond donors (Lipinski definition) is 0. The fraction of sp³-hybridized carbons (Fsp3) is 0.0769. The first-order valence-corrected chi connectivity index (χ1v) is 13.1. The Bertz CT molecular complexity index is 1590. The zero-order chi connectivity index (χ0) is 25.2. The standard InChI is InChI=1S/C26H16ClNO5S3/c27-19-9-5-4-8-17(19)18-13-16(14-20-23(18)33-26(31)36-20)32-22(29)10-11-28-24(30)21(35-25(28)34)12-15-6-2-1-3-7-15/h1-9,12-14H,10-11H2/b21-12-. The second-order valence-electron chi connectivity index (χ2n) is 7.70. The number of ether oxygens (including phenoxy) is 1. The Balaban J connectivity index is 1.32. The van der Waals surface area contributed by atoms with E-state index in [1.807, 2.05) is 36.4 Å². The van der Waals surface area contributed by atoms with Crippen LogP contribution in [0.4, 0.5) is 0 Å². The summed E-state index contributed by atoms with van der Waals surface area (Å²) in [4.78, 5) is 38.8. The summed E-state index contributed by atoms with van der Waals surface area (Å²) in [7, 11) is 0. The zero-order valence-electron chi connectivity index (χ0n) is 18.4. The number of carbonyl (C=O) groups is 2. The monoisotopic (exact) mass is 553 g/mol. The molecule has 1 saturated heterocycles. The van der Waals surface area contributed by atoms with Gasteiger partial charge in [-0.1, -0.05) is 95.4 Å². The van der Waals surface area contributed by atoms with E-state index in [-0.39, 0.29) is 24.6 Å². The minimum absolute atomic E-state index is 0.0634. The highest BCUT2D eigenvalue weighted by Crippen LogP contribution is 2.38. The van der Waals surface area contributed by atoms with Crippen LogP contribution in [-0.4, -0.2) is 27.6 Å². The Kier molecular flexibility index (Phi) is 7.06. The molecule has 180 valence electrons. The molecule has 1 fully saturated rings. The number of nitrogens with zero attached hydrogens (tertiary/aromatic N) is 1. The lowest BCUT2D eigenvalue weighted by atomic mass is 10.0. The molecule has 1 aliphatic heterocycles. The van der Waals surface area contributed by atoms with Crippen LogP contribution < -0.4 is 9.68 Å². The van der Waals surface area contributed by atoms with Gasteiger partial charge >= 0.3 is 10.9 Å². The van der Waals surface area contributed by atoms with E-state index in [1.54, 1.807) is 36.4 Å². The van der Waals surface area contributed by atoms with Gasteiger partial charge in [-0.15, -0.1) is 0 Å². The predicted octanol–water partition coefficient (Wildman–Crippen LogP) is 6.37. The average Bonchev–Trinajstić information content (AvgIpc) is 3.36. The van der Waals surface area contributed by atoms with Crippen LogP contribution in [0.3, 0.4) is 0 Å². The number of benzene rings is 3. The van der Waals surface area contributed by atoms with Gasteiger partial charge < -0.3 is 9.15 Å². The van der Waals surface area contributed by atoms with Crippen molar-refractivity contribution in [3.63, 3.8) is 0 Å². The predicted molar refractivity (Wildman–Crippen MR) is 147 cm³/mol. The molecule has 3 aromatic carbocycles. The van der Waals surface area contributed by atoms with E-state index < -0.39 is 10.9 Å². The van der Waals surface area contributed by atoms with Crippen molar-refractivity contribution < 1.29 is 18.7 Å². The first-order chi connectivity index (χ1) is 17.4. The van der Waals surface area contributed by atoms with Gasteiger partial charge in [-0.2, -0.15) is 0 Å². The molecule has 1 aliphatic rings. The maximum Gasteiger partial charge on any atom is 0.396 e. The number of amides is 1. The smallest absolute Gasteiger partial charge is 0.396 e. The van der Waals surface area contributed by atoms with Crippen molar-refractivity contribution in [3.05, 3.63) is 92.0 Å². The highest BCUT2D eigenvalue weighted by Gasteiger charge is 2.32. The highest BCUT2D eigenvalue weighted by molar-refractivity contribution is 8.26. The van der Waals surface area contributed by atoms with Crippen molar-refractivity contribution in [2.24, 2.45) is 0 Å².